The van der Waals surface area contributed by atoms with Crippen molar-refractivity contribution < 1.29 is 23.6 Å². The summed E-state index contributed by atoms with van der Waals surface area (Å²) in [5.74, 6) is 0.464. The summed E-state index contributed by atoms with van der Waals surface area (Å²) >= 11 is 0. The number of rotatable bonds is 8. The molecule has 1 amide bonds. The molecule has 5 rings (SSSR count). The van der Waals surface area contributed by atoms with Gasteiger partial charge in [0.2, 0.25) is 0 Å². The zero-order chi connectivity index (χ0) is 27.1. The molecule has 7 heteroatoms. The Kier molecular flexibility index (Phi) is 7.20. The van der Waals surface area contributed by atoms with Gasteiger partial charge in [0, 0.05) is 12.0 Å². The maximum Gasteiger partial charge on any atom is 0.257 e. The van der Waals surface area contributed by atoms with Gasteiger partial charge in [0.05, 0.1) is 22.7 Å². The Morgan fingerprint density at radius 1 is 1.16 bits per heavy atom. The average molecular weight is 534 g/mol. The van der Waals surface area contributed by atoms with Crippen molar-refractivity contribution in [3.8, 4) is 5.75 Å². The van der Waals surface area contributed by atoms with E-state index in [-0.39, 0.29) is 17.9 Å². The van der Waals surface area contributed by atoms with Gasteiger partial charge in [-0.1, -0.05) is 54.1 Å². The standard InChI is InChI=1S/C31H35NO5S/c1-20-7-6-16-31(4,36-18-17-30(2,3)34)29(20)25-9-5-8-24-23(25)14-15-26(24)37-22-12-10-21(11-13-22)27-19-28(33)32-38(27)35/h5-13,16,19,26,29,34H,14-15,17-18H2,1-4H3,(H,32,33)/t26-,29?,31?,38?/m1/s1. The van der Waals surface area contributed by atoms with Crippen LogP contribution in [-0.2, 0) is 26.9 Å². The lowest BCUT2D eigenvalue weighted by Gasteiger charge is -2.40. The normalized spacial score (nSPS) is 26.6. The van der Waals surface area contributed by atoms with Gasteiger partial charge in [-0.05, 0) is 81.3 Å². The smallest absolute Gasteiger partial charge is 0.257 e. The topological polar surface area (TPSA) is 84.9 Å². The third-order valence-electron chi connectivity index (χ3n) is 7.58. The first-order valence-electron chi connectivity index (χ1n) is 13.1. The Bertz CT molecular complexity index is 1350. The number of hydrogen-bond donors (Lipinski definition) is 2. The van der Waals surface area contributed by atoms with Crippen LogP contribution < -0.4 is 9.46 Å². The van der Waals surface area contributed by atoms with Crippen LogP contribution >= 0.6 is 0 Å². The Morgan fingerprint density at radius 2 is 1.89 bits per heavy atom. The van der Waals surface area contributed by atoms with Crippen molar-refractivity contribution in [2.75, 3.05) is 6.61 Å². The lowest BCUT2D eigenvalue weighted by Crippen LogP contribution is -2.38. The third kappa shape index (κ3) is 5.41. The van der Waals surface area contributed by atoms with E-state index in [0.717, 1.165) is 24.2 Å². The zero-order valence-corrected chi connectivity index (χ0v) is 23.1. The molecule has 2 aromatic carbocycles. The zero-order valence-electron chi connectivity index (χ0n) is 22.3. The highest BCUT2D eigenvalue weighted by atomic mass is 32.2. The number of ether oxygens (including phenoxy) is 2. The monoisotopic (exact) mass is 533 g/mol. The average Bonchev–Trinajstić information content (AvgIpc) is 3.41. The molecule has 0 radical (unpaired) electrons. The van der Waals surface area contributed by atoms with E-state index in [1.807, 2.05) is 24.3 Å². The van der Waals surface area contributed by atoms with Crippen molar-refractivity contribution in [3.63, 3.8) is 0 Å². The first-order valence-corrected chi connectivity index (χ1v) is 14.2. The lowest BCUT2D eigenvalue weighted by molar-refractivity contribution is -0.114. The molecule has 0 fully saturated rings. The lowest BCUT2D eigenvalue weighted by atomic mass is 9.73. The van der Waals surface area contributed by atoms with Crippen LogP contribution in [0, 0.1) is 0 Å². The molecule has 6 nitrogen and oxygen atoms in total. The molecule has 3 aliphatic rings. The fourth-order valence-corrected chi connectivity index (χ4v) is 6.60. The Labute approximate surface area is 227 Å². The number of carbonyl (C=O) groups excluding carboxylic acids is 1. The van der Waals surface area contributed by atoms with Gasteiger partial charge < -0.3 is 14.6 Å². The minimum Gasteiger partial charge on any atom is -0.486 e. The maximum absolute atomic E-state index is 12.1. The number of amides is 1. The van der Waals surface area contributed by atoms with Crippen LogP contribution in [0.2, 0.25) is 0 Å². The van der Waals surface area contributed by atoms with Crippen LogP contribution in [0.5, 0.6) is 5.75 Å². The van der Waals surface area contributed by atoms with Gasteiger partial charge in [0.1, 0.15) is 11.9 Å². The van der Waals surface area contributed by atoms with E-state index in [0.29, 0.717) is 17.9 Å². The predicted molar refractivity (Wildman–Crippen MR) is 150 cm³/mol. The van der Waals surface area contributed by atoms with Gasteiger partial charge >= 0.3 is 0 Å². The van der Waals surface area contributed by atoms with Gasteiger partial charge in [-0.15, -0.1) is 0 Å². The predicted octanol–water partition coefficient (Wildman–Crippen LogP) is 5.42. The Morgan fingerprint density at radius 3 is 2.58 bits per heavy atom. The van der Waals surface area contributed by atoms with Crippen LogP contribution in [0.1, 0.15) is 74.8 Å². The summed E-state index contributed by atoms with van der Waals surface area (Å²) in [5.41, 5.74) is 4.47. The number of carbonyl (C=O) groups is 1. The van der Waals surface area contributed by atoms with E-state index in [4.69, 9.17) is 9.47 Å². The van der Waals surface area contributed by atoms with Crippen LogP contribution in [0.15, 0.2) is 72.3 Å². The molecular formula is C31H35NO5S. The highest BCUT2D eigenvalue weighted by Crippen LogP contribution is 2.46. The number of fused-ring (bicyclic) bond motifs is 1. The van der Waals surface area contributed by atoms with Gasteiger partial charge in [-0.2, -0.15) is 0 Å². The van der Waals surface area contributed by atoms with E-state index in [1.54, 1.807) is 13.8 Å². The van der Waals surface area contributed by atoms with Crippen molar-refractivity contribution in [2.45, 2.75) is 70.2 Å². The summed E-state index contributed by atoms with van der Waals surface area (Å²) in [5, 5.41) is 10.2. The van der Waals surface area contributed by atoms with E-state index < -0.39 is 22.2 Å². The number of aliphatic hydroxyl groups is 1. The van der Waals surface area contributed by atoms with Gasteiger partial charge in [0.15, 0.2) is 11.0 Å². The van der Waals surface area contributed by atoms with Crippen molar-refractivity contribution in [2.24, 2.45) is 0 Å². The fourth-order valence-electron chi connectivity index (χ4n) is 5.68. The van der Waals surface area contributed by atoms with Crippen LogP contribution in [0.3, 0.4) is 0 Å². The molecule has 0 saturated heterocycles. The van der Waals surface area contributed by atoms with Gasteiger partial charge in [-0.25, -0.2) is 4.21 Å². The molecule has 0 aromatic heterocycles. The molecule has 38 heavy (non-hydrogen) atoms. The third-order valence-corrected chi connectivity index (χ3v) is 8.72. The van der Waals surface area contributed by atoms with Gasteiger partial charge in [0.25, 0.3) is 5.91 Å². The van der Waals surface area contributed by atoms with Crippen LogP contribution in [-0.4, -0.2) is 33.0 Å². The molecule has 2 aromatic rings. The summed E-state index contributed by atoms with van der Waals surface area (Å²) in [7, 11) is -1.51. The Hall–Kier alpha value is -3.00. The second-order valence-electron chi connectivity index (χ2n) is 11.1. The molecule has 2 N–H and O–H groups in total. The van der Waals surface area contributed by atoms with E-state index in [9.17, 15) is 14.1 Å². The molecule has 4 atom stereocenters. The number of hydrogen-bond acceptors (Lipinski definition) is 5. The molecule has 0 spiro atoms. The highest BCUT2D eigenvalue weighted by Gasteiger charge is 2.40. The summed E-state index contributed by atoms with van der Waals surface area (Å²) in [6.07, 6.45) is 10.0. The molecule has 1 aliphatic heterocycles. The first-order chi connectivity index (χ1) is 18.0. The number of allylic oxidation sites excluding steroid dienone is 2. The van der Waals surface area contributed by atoms with E-state index in [1.165, 1.54) is 28.3 Å². The summed E-state index contributed by atoms with van der Waals surface area (Å²) in [6, 6.07) is 13.9. The quantitative estimate of drug-likeness (QED) is 0.473. The summed E-state index contributed by atoms with van der Waals surface area (Å²) in [6.45, 7) is 8.38. The van der Waals surface area contributed by atoms with E-state index >= 15 is 0 Å². The molecule has 1 heterocycles. The number of nitrogens with one attached hydrogen (secondary N) is 1. The molecule has 0 bridgehead atoms. The molecule has 3 unspecified atom stereocenters. The van der Waals surface area contributed by atoms with Crippen molar-refractivity contribution in [1.29, 1.82) is 0 Å². The molecule has 0 saturated carbocycles. The summed E-state index contributed by atoms with van der Waals surface area (Å²) < 4.78 is 27.3. The van der Waals surface area contributed by atoms with Crippen molar-refractivity contribution in [1.82, 2.24) is 4.72 Å². The largest absolute Gasteiger partial charge is 0.486 e. The van der Waals surface area contributed by atoms with Crippen molar-refractivity contribution in [3.05, 3.63) is 94.6 Å². The maximum atomic E-state index is 12.1. The van der Waals surface area contributed by atoms with Crippen molar-refractivity contribution >= 4 is 21.8 Å². The Balaban J connectivity index is 1.36. The second-order valence-corrected chi connectivity index (χ2v) is 12.3. The van der Waals surface area contributed by atoms with Crippen LogP contribution in [0.25, 0.3) is 4.91 Å². The molecule has 2 aliphatic carbocycles. The number of benzene rings is 2. The molecule has 200 valence electrons. The SMILES string of the molecule is CC1=CC=CC(C)(OCCC(C)(C)O)C1c1cccc2c1CC[C@H]2Oc1ccc(C2=CC(=O)NS2=O)cc1. The summed E-state index contributed by atoms with van der Waals surface area (Å²) in [4.78, 5) is 12.0. The first kappa shape index (κ1) is 26.6. The minimum absolute atomic E-state index is 0.0651. The van der Waals surface area contributed by atoms with E-state index in [2.05, 4.69) is 55.0 Å². The van der Waals surface area contributed by atoms with Crippen LogP contribution in [0.4, 0.5) is 0 Å². The molecular weight excluding hydrogens is 498 g/mol. The van der Waals surface area contributed by atoms with Gasteiger partial charge in [-0.3, -0.25) is 9.52 Å². The highest BCUT2D eigenvalue weighted by molar-refractivity contribution is 7.93. The fraction of sp³-hybridized carbons (Fsp3) is 0.387. The second kappa shape index (κ2) is 10.3. The minimum atomic E-state index is -1.51.